The molecule has 0 aliphatic heterocycles. The number of alkyl halides is 1. The monoisotopic (exact) mass is 257 g/mol. The van der Waals surface area contributed by atoms with Crippen LogP contribution < -0.4 is 16.8 Å². The quantitative estimate of drug-likeness (QED) is 0.292. The summed E-state index contributed by atoms with van der Waals surface area (Å²) in [7, 11) is 0. The van der Waals surface area contributed by atoms with Crippen LogP contribution in [-0.2, 0) is 0 Å². The third-order valence-electron chi connectivity index (χ3n) is 1.53. The highest BCUT2D eigenvalue weighted by Gasteiger charge is 2.06. The highest BCUT2D eigenvalue weighted by atomic mass is 127. The Bertz CT molecular complexity index is 85.1. The molecule has 0 saturated carbocycles. The molecule has 0 aromatic rings. The fourth-order valence-corrected chi connectivity index (χ4v) is 0.739. The molecule has 0 radical (unpaired) electrons. The van der Waals surface area contributed by atoms with E-state index in [1.165, 1.54) is 0 Å². The molecule has 62 valence electrons. The third kappa shape index (κ3) is 5.40. The van der Waals surface area contributed by atoms with Crippen molar-refractivity contribution >= 4 is 22.6 Å². The fourth-order valence-electron chi connectivity index (χ4n) is 0.484. The van der Waals surface area contributed by atoms with Crippen LogP contribution in [0.5, 0.6) is 0 Å². The molecule has 0 aliphatic rings. The van der Waals surface area contributed by atoms with Crippen molar-refractivity contribution in [3.63, 3.8) is 0 Å². The number of halogens is 1. The molecule has 0 saturated heterocycles. The second-order valence-corrected chi connectivity index (χ2v) is 3.99. The van der Waals surface area contributed by atoms with E-state index in [9.17, 15) is 0 Å². The van der Waals surface area contributed by atoms with Gasteiger partial charge < -0.3 is 11.5 Å². The molecule has 0 rings (SSSR count). The molecule has 5 N–H and O–H groups in total. The maximum atomic E-state index is 5.64. The minimum absolute atomic E-state index is 0.0406. The number of nitrogens with one attached hydrogen (secondary N) is 1. The van der Waals surface area contributed by atoms with Crippen molar-refractivity contribution < 1.29 is 0 Å². The van der Waals surface area contributed by atoms with Crippen LogP contribution in [0.15, 0.2) is 0 Å². The van der Waals surface area contributed by atoms with E-state index in [0.717, 1.165) is 6.54 Å². The molecule has 0 aliphatic carbocycles. The number of rotatable bonds is 4. The van der Waals surface area contributed by atoms with Crippen molar-refractivity contribution in [3.8, 4) is 0 Å². The normalized spacial score (nSPS) is 20.1. The summed E-state index contributed by atoms with van der Waals surface area (Å²) in [5, 5.41) is 3.11. The van der Waals surface area contributed by atoms with Crippen LogP contribution in [0, 0.1) is 5.92 Å². The summed E-state index contributed by atoms with van der Waals surface area (Å²) in [6.45, 7) is 5.00. The summed E-state index contributed by atoms with van der Waals surface area (Å²) >= 11 is 2.13. The first-order chi connectivity index (χ1) is 4.54. The lowest BCUT2D eigenvalue weighted by Crippen LogP contribution is -2.39. The smallest absolute Gasteiger partial charge is 0.108 e. The summed E-state index contributed by atoms with van der Waals surface area (Å²) in [5.74, 6) is 0.487. The minimum Gasteiger partial charge on any atom is -0.328 e. The van der Waals surface area contributed by atoms with Gasteiger partial charge in [0.1, 0.15) is 4.17 Å². The van der Waals surface area contributed by atoms with Gasteiger partial charge in [-0.2, -0.15) is 0 Å². The molecule has 0 amide bonds. The van der Waals surface area contributed by atoms with E-state index in [1.807, 2.05) is 6.92 Å². The Labute approximate surface area is 76.1 Å². The summed E-state index contributed by atoms with van der Waals surface area (Å²) < 4.78 is 0.0406. The van der Waals surface area contributed by atoms with Crippen molar-refractivity contribution in [1.29, 1.82) is 0 Å². The van der Waals surface area contributed by atoms with Crippen LogP contribution in [0.3, 0.4) is 0 Å². The Kier molecular flexibility index (Phi) is 5.61. The van der Waals surface area contributed by atoms with Crippen molar-refractivity contribution in [2.75, 3.05) is 6.54 Å². The van der Waals surface area contributed by atoms with Crippen LogP contribution in [0.25, 0.3) is 0 Å². The van der Waals surface area contributed by atoms with Gasteiger partial charge in [-0.05, 0) is 35.4 Å². The molecule has 0 aromatic heterocycles. The number of hydrogen-bond acceptors (Lipinski definition) is 3. The second-order valence-electron chi connectivity index (χ2n) is 2.65. The molecule has 0 spiro atoms. The van der Waals surface area contributed by atoms with E-state index >= 15 is 0 Å². The molecule has 0 heterocycles. The lowest BCUT2D eigenvalue weighted by atomic mass is 10.1. The zero-order valence-corrected chi connectivity index (χ0v) is 8.63. The van der Waals surface area contributed by atoms with Gasteiger partial charge in [0.15, 0.2) is 0 Å². The zero-order valence-electron chi connectivity index (χ0n) is 6.47. The highest BCUT2D eigenvalue weighted by molar-refractivity contribution is 14.1. The molecule has 0 bridgehead atoms. The third-order valence-corrected chi connectivity index (χ3v) is 1.97. The number of hydrogen-bond donors (Lipinski definition) is 3. The summed E-state index contributed by atoms with van der Waals surface area (Å²) in [5.41, 5.74) is 11.1. The molecule has 3 nitrogen and oxygen atoms in total. The summed E-state index contributed by atoms with van der Waals surface area (Å²) in [4.78, 5) is 0. The van der Waals surface area contributed by atoms with Gasteiger partial charge in [0.05, 0.1) is 0 Å². The molecule has 3 unspecified atom stereocenters. The Hall–Kier alpha value is 0.610. The van der Waals surface area contributed by atoms with Crippen molar-refractivity contribution in [2.45, 2.75) is 24.1 Å². The van der Waals surface area contributed by atoms with Gasteiger partial charge in [-0.1, -0.05) is 6.92 Å². The lowest BCUT2D eigenvalue weighted by molar-refractivity contribution is 0.445. The van der Waals surface area contributed by atoms with Crippen LogP contribution in [0.1, 0.15) is 13.8 Å². The lowest BCUT2D eigenvalue weighted by Gasteiger charge is -2.16. The predicted molar refractivity (Wildman–Crippen MR) is 52.8 cm³/mol. The van der Waals surface area contributed by atoms with Gasteiger partial charge in [-0.3, -0.25) is 5.32 Å². The Morgan fingerprint density at radius 3 is 2.20 bits per heavy atom. The summed E-state index contributed by atoms with van der Waals surface area (Å²) in [6, 6.07) is 0.239. The highest BCUT2D eigenvalue weighted by Crippen LogP contribution is 1.97. The van der Waals surface area contributed by atoms with Crippen molar-refractivity contribution in [1.82, 2.24) is 5.32 Å². The standard InChI is InChI=1S/C6H16IN3/c1-4(5(2)8)3-10-6(7)9/h4-6,10H,3,8-9H2,1-2H3. The molecule has 3 atom stereocenters. The van der Waals surface area contributed by atoms with Crippen molar-refractivity contribution in [2.24, 2.45) is 17.4 Å². The Balaban J connectivity index is 3.30. The largest absolute Gasteiger partial charge is 0.328 e. The van der Waals surface area contributed by atoms with E-state index < -0.39 is 0 Å². The number of nitrogens with two attached hydrogens (primary N) is 2. The van der Waals surface area contributed by atoms with Crippen molar-refractivity contribution in [3.05, 3.63) is 0 Å². The maximum absolute atomic E-state index is 5.64. The first-order valence-electron chi connectivity index (χ1n) is 3.42. The Morgan fingerprint density at radius 2 is 1.90 bits per heavy atom. The van der Waals surface area contributed by atoms with Gasteiger partial charge in [0.2, 0.25) is 0 Å². The minimum atomic E-state index is 0.0406. The average Bonchev–Trinajstić information content (AvgIpc) is 1.82. The van der Waals surface area contributed by atoms with E-state index in [-0.39, 0.29) is 10.2 Å². The second kappa shape index (κ2) is 5.29. The van der Waals surface area contributed by atoms with Gasteiger partial charge in [-0.25, -0.2) is 0 Å². The van der Waals surface area contributed by atoms with Crippen LogP contribution in [0.4, 0.5) is 0 Å². The molecular weight excluding hydrogens is 241 g/mol. The van der Waals surface area contributed by atoms with Gasteiger partial charge in [0, 0.05) is 12.6 Å². The van der Waals surface area contributed by atoms with Gasteiger partial charge in [0.25, 0.3) is 0 Å². The first kappa shape index (κ1) is 10.6. The van der Waals surface area contributed by atoms with E-state index in [2.05, 4.69) is 34.8 Å². The first-order valence-corrected chi connectivity index (χ1v) is 4.67. The van der Waals surface area contributed by atoms with Gasteiger partial charge in [-0.15, -0.1) is 0 Å². The topological polar surface area (TPSA) is 64.1 Å². The average molecular weight is 257 g/mol. The molecular formula is C6H16IN3. The predicted octanol–water partition coefficient (Wildman–Crippen LogP) is 0.237. The van der Waals surface area contributed by atoms with Gasteiger partial charge >= 0.3 is 0 Å². The molecule has 0 aromatic carbocycles. The SMILES string of the molecule is CC(N)C(C)CNC(N)I. The molecule has 10 heavy (non-hydrogen) atoms. The maximum Gasteiger partial charge on any atom is 0.108 e. The fraction of sp³-hybridized carbons (Fsp3) is 1.00. The zero-order chi connectivity index (χ0) is 8.15. The Morgan fingerprint density at radius 1 is 1.40 bits per heavy atom. The van der Waals surface area contributed by atoms with Crippen LogP contribution in [-0.4, -0.2) is 16.8 Å². The molecule has 0 fully saturated rings. The molecule has 4 heteroatoms. The van der Waals surface area contributed by atoms with E-state index in [4.69, 9.17) is 11.5 Å². The summed E-state index contributed by atoms with van der Waals surface area (Å²) in [6.07, 6.45) is 0. The van der Waals surface area contributed by atoms with E-state index in [0.29, 0.717) is 5.92 Å². The van der Waals surface area contributed by atoms with Crippen LogP contribution >= 0.6 is 22.6 Å². The van der Waals surface area contributed by atoms with Crippen LogP contribution in [0.2, 0.25) is 0 Å². The van der Waals surface area contributed by atoms with E-state index in [1.54, 1.807) is 0 Å².